The number of aromatic amines is 1. The number of aromatic nitrogens is 2. The molecule has 0 aliphatic carbocycles. The van der Waals surface area contributed by atoms with Crippen LogP contribution in [-0.4, -0.2) is 16.1 Å². The Kier molecular flexibility index (Phi) is 4.62. The molecular formula is C13H13BrIN3O. The highest BCUT2D eigenvalue weighted by Crippen LogP contribution is 2.21. The second-order valence-corrected chi connectivity index (χ2v) is 6.54. The fraction of sp³-hybridized carbons (Fsp3) is 0.231. The molecule has 0 fully saturated rings. The number of nitrogens with zero attached hydrogens (tertiary/aromatic N) is 1. The van der Waals surface area contributed by atoms with Crippen LogP contribution in [0.5, 0.6) is 0 Å². The van der Waals surface area contributed by atoms with Crippen LogP contribution in [0.15, 0.2) is 28.7 Å². The highest BCUT2D eigenvalue weighted by atomic mass is 127. The lowest BCUT2D eigenvalue weighted by Gasteiger charge is -2.05. The van der Waals surface area contributed by atoms with Crippen molar-refractivity contribution >= 4 is 50.2 Å². The minimum atomic E-state index is -0.174. The van der Waals surface area contributed by atoms with Gasteiger partial charge >= 0.3 is 0 Å². The smallest absolute Gasteiger partial charge is 0.258 e. The third-order valence-corrected chi connectivity index (χ3v) is 4.00. The molecule has 0 radical (unpaired) electrons. The van der Waals surface area contributed by atoms with Crippen LogP contribution in [0.4, 0.5) is 5.82 Å². The summed E-state index contributed by atoms with van der Waals surface area (Å²) in [4.78, 5) is 12.2. The van der Waals surface area contributed by atoms with Crippen molar-refractivity contribution in [2.45, 2.75) is 19.8 Å². The maximum atomic E-state index is 12.2. The van der Waals surface area contributed by atoms with Crippen LogP contribution in [0, 0.1) is 3.57 Å². The molecule has 0 saturated carbocycles. The molecule has 0 bridgehead atoms. The molecule has 2 N–H and O–H groups in total. The van der Waals surface area contributed by atoms with Crippen LogP contribution in [-0.2, 0) is 0 Å². The molecule has 2 aromatic rings. The molecule has 100 valence electrons. The number of hydrogen-bond acceptors (Lipinski definition) is 2. The van der Waals surface area contributed by atoms with Gasteiger partial charge in [0.1, 0.15) is 0 Å². The van der Waals surface area contributed by atoms with Crippen molar-refractivity contribution in [3.63, 3.8) is 0 Å². The Bertz CT molecular complexity index is 610. The van der Waals surface area contributed by atoms with E-state index in [2.05, 4.69) is 67.9 Å². The summed E-state index contributed by atoms with van der Waals surface area (Å²) < 4.78 is 1.78. The highest BCUT2D eigenvalue weighted by molar-refractivity contribution is 14.1. The normalized spacial score (nSPS) is 10.8. The van der Waals surface area contributed by atoms with Gasteiger partial charge in [-0.3, -0.25) is 9.89 Å². The number of carbonyl (C=O) groups is 1. The quantitative estimate of drug-likeness (QED) is 0.714. The van der Waals surface area contributed by atoms with Crippen molar-refractivity contribution in [3.05, 3.63) is 43.6 Å². The van der Waals surface area contributed by atoms with Crippen molar-refractivity contribution in [3.8, 4) is 0 Å². The van der Waals surface area contributed by atoms with E-state index in [0.29, 0.717) is 17.3 Å². The van der Waals surface area contributed by atoms with Gasteiger partial charge in [-0.1, -0.05) is 13.8 Å². The van der Waals surface area contributed by atoms with Gasteiger partial charge in [-0.15, -0.1) is 0 Å². The summed E-state index contributed by atoms with van der Waals surface area (Å²) in [5.41, 5.74) is 1.60. The van der Waals surface area contributed by atoms with Gasteiger partial charge in [0, 0.05) is 19.8 Å². The predicted octanol–water partition coefficient (Wildman–Crippen LogP) is 4.15. The molecular weight excluding hydrogens is 421 g/mol. The summed E-state index contributed by atoms with van der Waals surface area (Å²) in [5, 5.41) is 9.78. The van der Waals surface area contributed by atoms with Gasteiger partial charge in [0.2, 0.25) is 0 Å². The van der Waals surface area contributed by atoms with Crippen LogP contribution in [0.1, 0.15) is 35.8 Å². The summed E-state index contributed by atoms with van der Waals surface area (Å²) in [5.74, 6) is 0.717. The number of benzene rings is 1. The van der Waals surface area contributed by atoms with E-state index in [1.165, 1.54) is 0 Å². The van der Waals surface area contributed by atoms with E-state index in [9.17, 15) is 4.79 Å². The van der Waals surface area contributed by atoms with Crippen molar-refractivity contribution in [1.29, 1.82) is 0 Å². The Morgan fingerprint density at radius 1 is 1.42 bits per heavy atom. The zero-order valence-electron chi connectivity index (χ0n) is 10.5. The average Bonchev–Trinajstić information content (AvgIpc) is 2.80. The first-order valence-corrected chi connectivity index (χ1v) is 7.66. The van der Waals surface area contributed by atoms with Crippen LogP contribution in [0.2, 0.25) is 0 Å². The predicted molar refractivity (Wildman–Crippen MR) is 87.5 cm³/mol. The molecule has 0 spiro atoms. The summed E-state index contributed by atoms with van der Waals surface area (Å²) in [6.45, 7) is 4.13. The lowest BCUT2D eigenvalue weighted by molar-refractivity contribution is 0.102. The summed E-state index contributed by atoms with van der Waals surface area (Å²) in [6, 6.07) is 7.48. The molecule has 6 heteroatoms. The zero-order chi connectivity index (χ0) is 14.0. The first-order valence-electron chi connectivity index (χ1n) is 5.79. The van der Waals surface area contributed by atoms with E-state index in [1.807, 2.05) is 24.3 Å². The van der Waals surface area contributed by atoms with Gasteiger partial charge in [-0.05, 0) is 62.6 Å². The number of amides is 1. The lowest BCUT2D eigenvalue weighted by Crippen LogP contribution is -2.13. The number of hydrogen-bond donors (Lipinski definition) is 2. The van der Waals surface area contributed by atoms with E-state index in [-0.39, 0.29) is 5.91 Å². The second-order valence-electron chi connectivity index (χ2n) is 4.44. The van der Waals surface area contributed by atoms with Gasteiger partial charge in [-0.25, -0.2) is 0 Å². The monoisotopic (exact) mass is 433 g/mol. The minimum Gasteiger partial charge on any atom is -0.305 e. The largest absolute Gasteiger partial charge is 0.305 e. The van der Waals surface area contributed by atoms with Gasteiger partial charge in [-0.2, -0.15) is 5.10 Å². The number of nitrogens with one attached hydrogen (secondary N) is 2. The van der Waals surface area contributed by atoms with E-state index in [0.717, 1.165) is 13.7 Å². The maximum Gasteiger partial charge on any atom is 0.258 e. The molecule has 2 rings (SSSR count). The van der Waals surface area contributed by atoms with Gasteiger partial charge < -0.3 is 5.32 Å². The Hall–Kier alpha value is -0.890. The molecule has 1 aromatic carbocycles. The Morgan fingerprint density at radius 2 is 2.16 bits per heavy atom. The second kappa shape index (κ2) is 6.04. The lowest BCUT2D eigenvalue weighted by atomic mass is 10.1. The van der Waals surface area contributed by atoms with Crippen LogP contribution in [0.25, 0.3) is 0 Å². The molecule has 1 heterocycles. The highest BCUT2D eigenvalue weighted by Gasteiger charge is 2.13. The van der Waals surface area contributed by atoms with E-state index in [1.54, 1.807) is 0 Å². The first-order chi connectivity index (χ1) is 8.97. The number of H-pyrrole nitrogens is 1. The molecule has 19 heavy (non-hydrogen) atoms. The minimum absolute atomic E-state index is 0.174. The molecule has 0 atom stereocenters. The molecule has 4 nitrogen and oxygen atoms in total. The third kappa shape index (κ3) is 3.56. The molecule has 0 saturated heterocycles. The SMILES string of the molecule is CC(C)c1cc(NC(=O)c2cc(I)ccc2Br)n[nH]1. The number of carbonyl (C=O) groups excluding carboxylic acids is 1. The van der Waals surface area contributed by atoms with Gasteiger partial charge in [0.25, 0.3) is 5.91 Å². The van der Waals surface area contributed by atoms with Gasteiger partial charge in [0.05, 0.1) is 5.56 Å². The molecule has 0 unspecified atom stereocenters. The Morgan fingerprint density at radius 3 is 2.79 bits per heavy atom. The topological polar surface area (TPSA) is 57.8 Å². The summed E-state index contributed by atoms with van der Waals surface area (Å²) in [7, 11) is 0. The van der Waals surface area contributed by atoms with Crippen molar-refractivity contribution in [1.82, 2.24) is 10.2 Å². The van der Waals surface area contributed by atoms with E-state index in [4.69, 9.17) is 0 Å². The average molecular weight is 434 g/mol. The number of anilines is 1. The fourth-order valence-corrected chi connectivity index (χ4v) is 2.47. The first kappa shape index (κ1) is 14.5. The Labute approximate surface area is 133 Å². The van der Waals surface area contributed by atoms with Crippen molar-refractivity contribution in [2.75, 3.05) is 5.32 Å². The number of halogens is 2. The third-order valence-electron chi connectivity index (χ3n) is 2.63. The fourth-order valence-electron chi connectivity index (χ4n) is 1.55. The maximum absolute atomic E-state index is 12.2. The molecule has 0 aliphatic heterocycles. The molecule has 1 amide bonds. The summed E-state index contributed by atoms with van der Waals surface area (Å²) in [6.07, 6.45) is 0. The van der Waals surface area contributed by atoms with Crippen LogP contribution < -0.4 is 5.32 Å². The van der Waals surface area contributed by atoms with Crippen LogP contribution in [0.3, 0.4) is 0 Å². The van der Waals surface area contributed by atoms with Crippen molar-refractivity contribution in [2.24, 2.45) is 0 Å². The molecule has 0 aliphatic rings. The van der Waals surface area contributed by atoms with Crippen LogP contribution >= 0.6 is 38.5 Å². The standard InChI is InChI=1S/C13H13BrIN3O/c1-7(2)11-6-12(18-17-11)16-13(19)9-5-8(15)3-4-10(9)14/h3-7H,1-2H3,(H2,16,17,18,19). The van der Waals surface area contributed by atoms with Gasteiger partial charge in [0.15, 0.2) is 5.82 Å². The number of rotatable bonds is 3. The Balaban J connectivity index is 2.18. The summed E-state index contributed by atoms with van der Waals surface area (Å²) >= 11 is 5.56. The molecule has 1 aromatic heterocycles. The zero-order valence-corrected chi connectivity index (χ0v) is 14.2. The van der Waals surface area contributed by atoms with E-state index < -0.39 is 0 Å². The van der Waals surface area contributed by atoms with E-state index >= 15 is 0 Å². The van der Waals surface area contributed by atoms with Crippen molar-refractivity contribution < 1.29 is 4.79 Å².